The zero-order valence-electron chi connectivity index (χ0n) is 10.8. The summed E-state index contributed by atoms with van der Waals surface area (Å²) in [6.45, 7) is 11.1. The van der Waals surface area contributed by atoms with E-state index >= 15 is 0 Å². The van der Waals surface area contributed by atoms with E-state index in [1.54, 1.807) is 0 Å². The highest BCUT2D eigenvalue weighted by atomic mass is 16.3. The maximum atomic E-state index is 5.77. The van der Waals surface area contributed by atoms with Crippen LogP contribution in [0.4, 0.5) is 0 Å². The molecule has 0 spiro atoms. The molecule has 2 aromatic rings. The van der Waals surface area contributed by atoms with Crippen molar-refractivity contribution in [2.24, 2.45) is 0 Å². The number of benzene rings is 1. The lowest BCUT2D eigenvalue weighted by Gasteiger charge is -2.21. The van der Waals surface area contributed by atoms with Crippen LogP contribution in [-0.4, -0.2) is 0 Å². The van der Waals surface area contributed by atoms with Crippen LogP contribution in [0.1, 0.15) is 44.6 Å². The van der Waals surface area contributed by atoms with Gasteiger partial charge in [-0.05, 0) is 35.6 Å². The third-order valence-corrected chi connectivity index (χ3v) is 3.18. The van der Waals surface area contributed by atoms with Crippen molar-refractivity contribution < 1.29 is 4.42 Å². The van der Waals surface area contributed by atoms with Gasteiger partial charge in [-0.15, -0.1) is 0 Å². The number of hydrogen-bond acceptors (Lipinski definition) is 1. The Labute approximate surface area is 97.5 Å². The lowest BCUT2D eigenvalue weighted by molar-refractivity contribution is 0.556. The maximum Gasteiger partial charge on any atom is 0.134 e. The second-order valence-corrected chi connectivity index (χ2v) is 5.47. The molecule has 16 heavy (non-hydrogen) atoms. The summed E-state index contributed by atoms with van der Waals surface area (Å²) < 4.78 is 5.77. The topological polar surface area (TPSA) is 13.1 Å². The zero-order chi connectivity index (χ0) is 11.9. The summed E-state index contributed by atoms with van der Waals surface area (Å²) in [4.78, 5) is 0. The molecule has 0 N–H and O–H groups in total. The van der Waals surface area contributed by atoms with Gasteiger partial charge in [0.15, 0.2) is 0 Å². The van der Waals surface area contributed by atoms with Gasteiger partial charge >= 0.3 is 0 Å². The Balaban J connectivity index is 2.69. The van der Waals surface area contributed by atoms with Crippen molar-refractivity contribution in [3.05, 3.63) is 35.1 Å². The average Bonchev–Trinajstić information content (AvgIpc) is 2.60. The van der Waals surface area contributed by atoms with Gasteiger partial charge in [-0.2, -0.15) is 0 Å². The first kappa shape index (κ1) is 11.3. The predicted molar refractivity (Wildman–Crippen MR) is 69.0 cm³/mol. The molecule has 0 fully saturated rings. The number of rotatable bonds is 1. The van der Waals surface area contributed by atoms with E-state index in [-0.39, 0.29) is 5.41 Å². The van der Waals surface area contributed by atoms with Crippen molar-refractivity contribution in [1.29, 1.82) is 0 Å². The molecule has 0 aliphatic rings. The summed E-state index contributed by atoms with van der Waals surface area (Å²) in [5, 5.41) is 1.27. The molecule has 0 unspecified atom stereocenters. The molecule has 1 heteroatoms. The van der Waals surface area contributed by atoms with Crippen LogP contribution in [0.25, 0.3) is 11.0 Å². The molecule has 0 saturated carbocycles. The predicted octanol–water partition coefficient (Wildman–Crippen LogP) is 4.60. The molecule has 0 amide bonds. The SMILES string of the molecule is CCc1cc2c(C)c(C(C)(C)C)ccc2o1. The number of furan rings is 1. The van der Waals surface area contributed by atoms with Crippen LogP contribution in [0.5, 0.6) is 0 Å². The fourth-order valence-electron chi connectivity index (χ4n) is 2.29. The summed E-state index contributed by atoms with van der Waals surface area (Å²) in [6.07, 6.45) is 0.957. The Hall–Kier alpha value is -1.24. The number of aryl methyl sites for hydroxylation is 2. The van der Waals surface area contributed by atoms with Crippen LogP contribution in [0.2, 0.25) is 0 Å². The Morgan fingerprint density at radius 3 is 2.44 bits per heavy atom. The maximum absolute atomic E-state index is 5.77. The fraction of sp³-hybridized carbons (Fsp3) is 0.467. The number of hydrogen-bond donors (Lipinski definition) is 0. The van der Waals surface area contributed by atoms with E-state index in [2.05, 4.69) is 52.8 Å². The minimum atomic E-state index is 0.196. The van der Waals surface area contributed by atoms with Crippen LogP contribution in [0.15, 0.2) is 22.6 Å². The van der Waals surface area contributed by atoms with Crippen LogP contribution in [-0.2, 0) is 11.8 Å². The average molecular weight is 216 g/mol. The van der Waals surface area contributed by atoms with Gasteiger partial charge in [-0.1, -0.05) is 33.8 Å². The highest BCUT2D eigenvalue weighted by molar-refractivity contribution is 5.83. The third-order valence-electron chi connectivity index (χ3n) is 3.18. The van der Waals surface area contributed by atoms with E-state index < -0.39 is 0 Å². The van der Waals surface area contributed by atoms with Crippen molar-refractivity contribution in [1.82, 2.24) is 0 Å². The Morgan fingerprint density at radius 1 is 1.19 bits per heavy atom. The van der Waals surface area contributed by atoms with E-state index in [0.717, 1.165) is 17.8 Å². The summed E-state index contributed by atoms with van der Waals surface area (Å²) in [5.74, 6) is 1.07. The first-order valence-corrected chi connectivity index (χ1v) is 5.96. The smallest absolute Gasteiger partial charge is 0.134 e. The van der Waals surface area contributed by atoms with Crippen LogP contribution in [0, 0.1) is 6.92 Å². The lowest BCUT2D eigenvalue weighted by Crippen LogP contribution is -2.12. The van der Waals surface area contributed by atoms with Crippen molar-refractivity contribution in [3.8, 4) is 0 Å². The molecule has 0 aliphatic heterocycles. The third kappa shape index (κ3) is 1.75. The Kier molecular flexibility index (Phi) is 2.57. The van der Waals surface area contributed by atoms with E-state index in [1.165, 1.54) is 16.5 Å². The van der Waals surface area contributed by atoms with Gasteiger partial charge in [0.1, 0.15) is 11.3 Å². The van der Waals surface area contributed by atoms with Crippen molar-refractivity contribution in [3.63, 3.8) is 0 Å². The van der Waals surface area contributed by atoms with Gasteiger partial charge in [-0.25, -0.2) is 0 Å². The largest absolute Gasteiger partial charge is 0.461 e. The van der Waals surface area contributed by atoms with E-state index in [9.17, 15) is 0 Å². The summed E-state index contributed by atoms with van der Waals surface area (Å²) in [7, 11) is 0. The first-order chi connectivity index (χ1) is 7.43. The minimum absolute atomic E-state index is 0.196. The number of fused-ring (bicyclic) bond motifs is 1. The van der Waals surface area contributed by atoms with Crippen molar-refractivity contribution in [2.45, 2.75) is 46.5 Å². The quantitative estimate of drug-likeness (QED) is 0.679. The monoisotopic (exact) mass is 216 g/mol. The molecule has 0 bridgehead atoms. The Bertz CT molecular complexity index is 512. The molecule has 2 rings (SSSR count). The first-order valence-electron chi connectivity index (χ1n) is 5.96. The molecular formula is C15H20O. The van der Waals surface area contributed by atoms with Crippen LogP contribution >= 0.6 is 0 Å². The van der Waals surface area contributed by atoms with Gasteiger partial charge in [-0.3, -0.25) is 0 Å². The van der Waals surface area contributed by atoms with Crippen molar-refractivity contribution in [2.75, 3.05) is 0 Å². The molecular weight excluding hydrogens is 196 g/mol. The highest BCUT2D eigenvalue weighted by Crippen LogP contribution is 2.32. The van der Waals surface area contributed by atoms with Crippen LogP contribution in [0.3, 0.4) is 0 Å². The molecule has 0 radical (unpaired) electrons. The van der Waals surface area contributed by atoms with Crippen molar-refractivity contribution >= 4 is 11.0 Å². The normalized spacial score (nSPS) is 12.3. The lowest BCUT2D eigenvalue weighted by atomic mass is 9.83. The molecule has 86 valence electrons. The molecule has 1 aromatic heterocycles. The summed E-state index contributed by atoms with van der Waals surface area (Å²) in [5.41, 5.74) is 3.97. The van der Waals surface area contributed by atoms with Gasteiger partial charge in [0.05, 0.1) is 0 Å². The second-order valence-electron chi connectivity index (χ2n) is 5.47. The summed E-state index contributed by atoms with van der Waals surface area (Å²) in [6, 6.07) is 6.47. The van der Waals surface area contributed by atoms with Gasteiger partial charge in [0.25, 0.3) is 0 Å². The molecule has 1 nitrogen and oxygen atoms in total. The van der Waals surface area contributed by atoms with E-state index in [0.29, 0.717) is 0 Å². The summed E-state index contributed by atoms with van der Waals surface area (Å²) >= 11 is 0. The fourth-order valence-corrected chi connectivity index (χ4v) is 2.29. The molecule has 0 aliphatic carbocycles. The molecule has 0 saturated heterocycles. The van der Waals surface area contributed by atoms with Gasteiger partial charge < -0.3 is 4.42 Å². The molecule has 1 heterocycles. The zero-order valence-corrected chi connectivity index (χ0v) is 10.8. The molecule has 1 aromatic carbocycles. The molecule has 0 atom stereocenters. The Morgan fingerprint density at radius 2 is 1.88 bits per heavy atom. The van der Waals surface area contributed by atoms with E-state index in [1.807, 2.05) is 0 Å². The minimum Gasteiger partial charge on any atom is -0.461 e. The van der Waals surface area contributed by atoms with Gasteiger partial charge in [0, 0.05) is 11.8 Å². The highest BCUT2D eigenvalue weighted by Gasteiger charge is 2.18. The van der Waals surface area contributed by atoms with Gasteiger partial charge in [0.2, 0.25) is 0 Å². The second kappa shape index (κ2) is 3.65. The van der Waals surface area contributed by atoms with E-state index in [4.69, 9.17) is 4.42 Å². The van der Waals surface area contributed by atoms with Crippen LogP contribution < -0.4 is 0 Å². The standard InChI is InChI=1S/C15H20O/c1-6-11-9-12-10(2)13(15(3,4)5)7-8-14(12)16-11/h7-9H,6H2,1-5H3.